The Hall–Kier alpha value is -3.32. The zero-order chi connectivity index (χ0) is 19.8. The zero-order valence-corrected chi connectivity index (χ0v) is 16.6. The van der Waals surface area contributed by atoms with Crippen molar-refractivity contribution in [2.45, 2.75) is 19.9 Å². The highest BCUT2D eigenvalue weighted by molar-refractivity contribution is 7.22. The van der Waals surface area contributed by atoms with Crippen LogP contribution in [0.3, 0.4) is 0 Å². The number of anilines is 1. The van der Waals surface area contributed by atoms with Gasteiger partial charge in [-0.25, -0.2) is 4.98 Å². The van der Waals surface area contributed by atoms with E-state index in [1.165, 1.54) is 16.9 Å². The monoisotopic (exact) mass is 406 g/mol. The van der Waals surface area contributed by atoms with Crippen LogP contribution in [0, 0.1) is 0 Å². The lowest BCUT2D eigenvalue weighted by Crippen LogP contribution is -2.30. The fourth-order valence-electron chi connectivity index (χ4n) is 3.26. The minimum atomic E-state index is -0.172. The molecule has 146 valence electrons. The molecule has 0 saturated heterocycles. The molecule has 3 heterocycles. The molecule has 0 unspecified atom stereocenters. The number of aromatic nitrogens is 1. The summed E-state index contributed by atoms with van der Waals surface area (Å²) in [7, 11) is 0. The molecule has 0 bridgehead atoms. The molecular formula is C22H18N2O4S. The van der Waals surface area contributed by atoms with Crippen molar-refractivity contribution in [3.05, 3.63) is 71.7 Å². The normalized spacial score (nSPS) is 12.4. The second-order valence-electron chi connectivity index (χ2n) is 6.69. The average molecular weight is 406 g/mol. The molecule has 1 aliphatic rings. The number of hydrogen-bond donors (Lipinski definition) is 0. The quantitative estimate of drug-likeness (QED) is 0.465. The fraction of sp³-hybridized carbons (Fsp3) is 0.182. The lowest BCUT2D eigenvalue weighted by molar-refractivity contribution is 0.0983. The first-order valence-electron chi connectivity index (χ1n) is 9.34. The van der Waals surface area contributed by atoms with Gasteiger partial charge in [-0.3, -0.25) is 9.69 Å². The summed E-state index contributed by atoms with van der Waals surface area (Å²) in [5, 5.41) is 0.632. The van der Waals surface area contributed by atoms with Gasteiger partial charge in [0.25, 0.3) is 5.91 Å². The third-order valence-electron chi connectivity index (χ3n) is 4.84. The van der Waals surface area contributed by atoms with Gasteiger partial charge in [-0.05, 0) is 54.4 Å². The van der Waals surface area contributed by atoms with Gasteiger partial charge < -0.3 is 13.9 Å². The fourth-order valence-corrected chi connectivity index (χ4v) is 4.29. The molecular weight excluding hydrogens is 388 g/mol. The van der Waals surface area contributed by atoms with Gasteiger partial charge >= 0.3 is 0 Å². The van der Waals surface area contributed by atoms with Crippen LogP contribution in [0.4, 0.5) is 5.13 Å². The Kier molecular flexibility index (Phi) is 4.44. The molecule has 1 amide bonds. The predicted octanol–water partition coefficient (Wildman–Crippen LogP) is 5.03. The number of furan rings is 1. The molecule has 5 rings (SSSR count). The molecule has 0 radical (unpaired) electrons. The summed E-state index contributed by atoms with van der Waals surface area (Å²) in [5.41, 5.74) is 2.63. The number of carbonyl (C=O) groups excluding carboxylic acids is 1. The number of amides is 1. The number of fused-ring (bicyclic) bond motifs is 2. The first-order valence-corrected chi connectivity index (χ1v) is 10.2. The summed E-state index contributed by atoms with van der Waals surface area (Å²) in [6.07, 6.45) is 2.56. The van der Waals surface area contributed by atoms with Crippen molar-refractivity contribution in [3.63, 3.8) is 0 Å². The Morgan fingerprint density at radius 3 is 2.86 bits per heavy atom. The molecule has 7 heteroatoms. The predicted molar refractivity (Wildman–Crippen MR) is 111 cm³/mol. The lowest BCUT2D eigenvalue weighted by atomic mass is 10.1. The highest BCUT2D eigenvalue weighted by Crippen LogP contribution is 2.35. The average Bonchev–Trinajstić information content (AvgIpc) is 3.50. The van der Waals surface area contributed by atoms with E-state index in [0.717, 1.165) is 16.6 Å². The zero-order valence-electron chi connectivity index (χ0n) is 15.8. The third-order valence-corrected chi connectivity index (χ3v) is 5.88. The van der Waals surface area contributed by atoms with Crippen LogP contribution in [0.1, 0.15) is 28.6 Å². The number of thiazole rings is 1. The maximum Gasteiger partial charge on any atom is 0.260 e. The van der Waals surface area contributed by atoms with E-state index in [1.807, 2.05) is 18.2 Å². The Bertz CT molecular complexity index is 1180. The van der Waals surface area contributed by atoms with Crippen molar-refractivity contribution < 1.29 is 18.7 Å². The first-order chi connectivity index (χ1) is 14.2. The molecule has 0 N–H and O–H groups in total. The molecule has 6 nitrogen and oxygen atoms in total. The number of aryl methyl sites for hydroxylation is 1. The Balaban J connectivity index is 1.55. The van der Waals surface area contributed by atoms with E-state index in [-0.39, 0.29) is 12.7 Å². The molecule has 1 aliphatic heterocycles. The number of carbonyl (C=O) groups is 1. The van der Waals surface area contributed by atoms with Gasteiger partial charge in [0.15, 0.2) is 16.6 Å². The van der Waals surface area contributed by atoms with Crippen molar-refractivity contribution >= 4 is 32.6 Å². The molecule has 0 saturated carbocycles. The van der Waals surface area contributed by atoms with Crippen LogP contribution >= 0.6 is 11.3 Å². The van der Waals surface area contributed by atoms with Gasteiger partial charge in [-0.1, -0.05) is 24.3 Å². The van der Waals surface area contributed by atoms with Crippen molar-refractivity contribution in [3.8, 4) is 11.5 Å². The van der Waals surface area contributed by atoms with Gasteiger partial charge in [0.05, 0.1) is 23.0 Å². The van der Waals surface area contributed by atoms with E-state index in [4.69, 9.17) is 18.9 Å². The molecule has 0 spiro atoms. The SMILES string of the molecule is CCc1ccc2nc(N(Cc3ccco3)C(=O)c3ccc4c(c3)OCO4)sc2c1. The summed E-state index contributed by atoms with van der Waals surface area (Å²) in [5.74, 6) is 1.74. The topological polar surface area (TPSA) is 64.8 Å². The Labute approximate surface area is 171 Å². The van der Waals surface area contributed by atoms with E-state index in [9.17, 15) is 4.79 Å². The molecule has 4 aromatic rings. The Morgan fingerprint density at radius 1 is 1.14 bits per heavy atom. The largest absolute Gasteiger partial charge is 0.467 e. The molecule has 2 aromatic carbocycles. The van der Waals surface area contributed by atoms with Crippen LogP contribution < -0.4 is 14.4 Å². The highest BCUT2D eigenvalue weighted by atomic mass is 32.1. The number of nitrogens with zero attached hydrogens (tertiary/aromatic N) is 2. The standard InChI is InChI=1S/C22H18N2O4S/c1-2-14-5-7-17-20(10-14)29-22(23-17)24(12-16-4-3-9-26-16)21(25)15-6-8-18-19(11-15)28-13-27-18/h3-11H,2,12-13H2,1H3. The summed E-state index contributed by atoms with van der Waals surface area (Å²) in [6, 6.07) is 15.1. The van der Waals surface area contributed by atoms with Gasteiger partial charge in [-0.15, -0.1) is 0 Å². The van der Waals surface area contributed by atoms with Crippen LogP contribution in [-0.2, 0) is 13.0 Å². The molecule has 0 atom stereocenters. The number of hydrogen-bond acceptors (Lipinski definition) is 6. The Morgan fingerprint density at radius 2 is 2.03 bits per heavy atom. The maximum atomic E-state index is 13.4. The molecule has 2 aromatic heterocycles. The minimum absolute atomic E-state index is 0.167. The first kappa shape index (κ1) is 17.8. The van der Waals surface area contributed by atoms with Crippen molar-refractivity contribution in [1.29, 1.82) is 0 Å². The summed E-state index contributed by atoms with van der Waals surface area (Å²) in [4.78, 5) is 19.8. The number of rotatable bonds is 5. The molecule has 0 aliphatic carbocycles. The van der Waals surface area contributed by atoms with E-state index in [2.05, 4.69) is 19.1 Å². The highest BCUT2D eigenvalue weighted by Gasteiger charge is 2.25. The summed E-state index contributed by atoms with van der Waals surface area (Å²) in [6.45, 7) is 2.58. The van der Waals surface area contributed by atoms with Crippen molar-refractivity contribution in [1.82, 2.24) is 4.98 Å². The summed E-state index contributed by atoms with van der Waals surface area (Å²) >= 11 is 1.50. The molecule has 0 fully saturated rings. The second kappa shape index (κ2) is 7.25. The van der Waals surface area contributed by atoms with Crippen molar-refractivity contribution in [2.24, 2.45) is 0 Å². The van der Waals surface area contributed by atoms with Crippen LogP contribution in [0.5, 0.6) is 11.5 Å². The van der Waals surface area contributed by atoms with Crippen LogP contribution in [-0.4, -0.2) is 17.7 Å². The maximum absolute atomic E-state index is 13.4. The van der Waals surface area contributed by atoms with Crippen LogP contribution in [0.25, 0.3) is 10.2 Å². The van der Waals surface area contributed by atoms with E-state index in [0.29, 0.717) is 34.5 Å². The van der Waals surface area contributed by atoms with Crippen LogP contribution in [0.15, 0.2) is 59.2 Å². The van der Waals surface area contributed by atoms with Gasteiger partial charge in [-0.2, -0.15) is 0 Å². The summed E-state index contributed by atoms with van der Waals surface area (Å²) < 4.78 is 17.3. The molecule has 29 heavy (non-hydrogen) atoms. The van der Waals surface area contributed by atoms with E-state index < -0.39 is 0 Å². The number of benzene rings is 2. The smallest absolute Gasteiger partial charge is 0.260 e. The second-order valence-corrected chi connectivity index (χ2v) is 7.70. The lowest BCUT2D eigenvalue weighted by Gasteiger charge is -2.19. The van der Waals surface area contributed by atoms with Gasteiger partial charge in [0.2, 0.25) is 6.79 Å². The van der Waals surface area contributed by atoms with Gasteiger partial charge in [0, 0.05) is 5.56 Å². The van der Waals surface area contributed by atoms with Crippen molar-refractivity contribution in [2.75, 3.05) is 11.7 Å². The van der Waals surface area contributed by atoms with Gasteiger partial charge in [0.1, 0.15) is 5.76 Å². The van der Waals surface area contributed by atoms with E-state index >= 15 is 0 Å². The third kappa shape index (κ3) is 3.34. The van der Waals surface area contributed by atoms with Crippen LogP contribution in [0.2, 0.25) is 0 Å². The number of ether oxygens (including phenoxy) is 2. The van der Waals surface area contributed by atoms with E-state index in [1.54, 1.807) is 29.4 Å². The minimum Gasteiger partial charge on any atom is -0.467 e.